The smallest absolute Gasteiger partial charge is 0.0670 e. The highest BCUT2D eigenvalue weighted by atomic mass is 16.5. The lowest BCUT2D eigenvalue weighted by atomic mass is 9.70. The fraction of sp³-hybridized carbons (Fsp3) is 1.00. The predicted molar refractivity (Wildman–Crippen MR) is 61.3 cm³/mol. The van der Waals surface area contributed by atoms with Crippen molar-refractivity contribution < 1.29 is 14.9 Å². The summed E-state index contributed by atoms with van der Waals surface area (Å²) in [7, 11) is 0. The van der Waals surface area contributed by atoms with Gasteiger partial charge in [0.25, 0.3) is 0 Å². The molecule has 0 atom stereocenters. The Bertz CT molecular complexity index is 218. The number of rotatable bonds is 4. The fourth-order valence-corrected chi connectivity index (χ4v) is 2.92. The summed E-state index contributed by atoms with van der Waals surface area (Å²) in [6.45, 7) is 5.87. The number of hydrogen-bond acceptors (Lipinski definition) is 4. The molecule has 2 heterocycles. The number of aliphatic hydroxyl groups is 2. The number of aliphatic hydroxyl groups excluding tert-OH is 2. The monoisotopic (exact) mass is 229 g/mol. The van der Waals surface area contributed by atoms with Gasteiger partial charge in [-0.2, -0.15) is 0 Å². The van der Waals surface area contributed by atoms with E-state index in [4.69, 9.17) is 4.74 Å². The van der Waals surface area contributed by atoms with Crippen molar-refractivity contribution in [2.45, 2.75) is 31.7 Å². The summed E-state index contributed by atoms with van der Waals surface area (Å²) in [6, 6.07) is 0. The quantitative estimate of drug-likeness (QED) is 0.725. The average Bonchev–Trinajstić information content (AvgIpc) is 2.31. The van der Waals surface area contributed by atoms with Crippen LogP contribution in [0.2, 0.25) is 0 Å². The Morgan fingerprint density at radius 3 is 2.19 bits per heavy atom. The Kier molecular flexibility index (Phi) is 3.54. The van der Waals surface area contributed by atoms with Gasteiger partial charge in [-0.15, -0.1) is 0 Å². The highest BCUT2D eigenvalue weighted by Crippen LogP contribution is 2.43. The van der Waals surface area contributed by atoms with E-state index in [9.17, 15) is 10.2 Å². The molecule has 4 nitrogen and oxygen atoms in total. The van der Waals surface area contributed by atoms with Crippen LogP contribution in [-0.4, -0.2) is 60.2 Å². The van der Waals surface area contributed by atoms with E-state index in [1.54, 1.807) is 0 Å². The minimum absolute atomic E-state index is 0.0482. The summed E-state index contributed by atoms with van der Waals surface area (Å²) in [6.07, 6.45) is 3.05. The molecule has 0 unspecified atom stereocenters. The van der Waals surface area contributed by atoms with Crippen LogP contribution in [0.15, 0.2) is 0 Å². The lowest BCUT2D eigenvalue weighted by molar-refractivity contribution is -0.149. The standard InChI is InChI=1S/C12H23NO3/c1-2-12(9-14,10-15)13-7-11(8-13)3-5-16-6-4-11/h14-15H,2-10H2,1H3. The molecule has 2 rings (SSSR count). The molecule has 0 bridgehead atoms. The largest absolute Gasteiger partial charge is 0.394 e. The van der Waals surface area contributed by atoms with Gasteiger partial charge < -0.3 is 14.9 Å². The molecular weight excluding hydrogens is 206 g/mol. The van der Waals surface area contributed by atoms with E-state index < -0.39 is 5.54 Å². The third-order valence-corrected chi connectivity index (χ3v) is 4.52. The van der Waals surface area contributed by atoms with Crippen LogP contribution in [0, 0.1) is 5.41 Å². The first-order chi connectivity index (χ1) is 7.70. The Morgan fingerprint density at radius 1 is 1.19 bits per heavy atom. The molecule has 16 heavy (non-hydrogen) atoms. The highest BCUT2D eigenvalue weighted by Gasteiger charge is 2.50. The Balaban J connectivity index is 1.95. The van der Waals surface area contributed by atoms with Crippen LogP contribution in [0.4, 0.5) is 0 Å². The third kappa shape index (κ3) is 1.88. The normalized spacial score (nSPS) is 25.7. The Hall–Kier alpha value is -0.160. The zero-order chi connectivity index (χ0) is 11.6. The van der Waals surface area contributed by atoms with Crippen molar-refractivity contribution in [2.75, 3.05) is 39.5 Å². The van der Waals surface area contributed by atoms with Gasteiger partial charge in [0.1, 0.15) is 0 Å². The zero-order valence-corrected chi connectivity index (χ0v) is 10.1. The third-order valence-electron chi connectivity index (χ3n) is 4.52. The van der Waals surface area contributed by atoms with Crippen molar-refractivity contribution in [3.63, 3.8) is 0 Å². The van der Waals surface area contributed by atoms with Crippen LogP contribution in [0.1, 0.15) is 26.2 Å². The molecule has 1 spiro atoms. The number of nitrogens with zero attached hydrogens (tertiary/aromatic N) is 1. The van der Waals surface area contributed by atoms with E-state index in [1.165, 1.54) is 0 Å². The van der Waals surface area contributed by atoms with Gasteiger partial charge in [0, 0.05) is 31.7 Å². The van der Waals surface area contributed by atoms with Gasteiger partial charge >= 0.3 is 0 Å². The van der Waals surface area contributed by atoms with Crippen molar-refractivity contribution in [3.8, 4) is 0 Å². The molecule has 4 heteroatoms. The molecule has 0 aromatic heterocycles. The van der Waals surface area contributed by atoms with E-state index >= 15 is 0 Å². The molecule has 0 amide bonds. The second kappa shape index (κ2) is 4.61. The Labute approximate surface area is 97.2 Å². The maximum Gasteiger partial charge on any atom is 0.0670 e. The lowest BCUT2D eigenvalue weighted by Crippen LogP contribution is -2.68. The predicted octanol–water partition coefficient (Wildman–Crippen LogP) is 0.232. The van der Waals surface area contributed by atoms with Crippen LogP contribution >= 0.6 is 0 Å². The van der Waals surface area contributed by atoms with E-state index in [0.29, 0.717) is 5.41 Å². The van der Waals surface area contributed by atoms with E-state index in [2.05, 4.69) is 4.90 Å². The topological polar surface area (TPSA) is 52.9 Å². The highest BCUT2D eigenvalue weighted by molar-refractivity contribution is 5.03. The zero-order valence-electron chi connectivity index (χ0n) is 10.1. The molecule has 94 valence electrons. The second-order valence-electron chi connectivity index (χ2n) is 5.36. The van der Waals surface area contributed by atoms with Crippen molar-refractivity contribution >= 4 is 0 Å². The summed E-state index contributed by atoms with van der Waals surface area (Å²) in [5, 5.41) is 18.9. The molecular formula is C12H23NO3. The van der Waals surface area contributed by atoms with E-state index in [0.717, 1.165) is 45.6 Å². The Morgan fingerprint density at radius 2 is 1.75 bits per heavy atom. The first kappa shape index (κ1) is 12.3. The van der Waals surface area contributed by atoms with Crippen molar-refractivity contribution in [2.24, 2.45) is 5.41 Å². The van der Waals surface area contributed by atoms with E-state index in [1.807, 2.05) is 6.92 Å². The first-order valence-electron chi connectivity index (χ1n) is 6.25. The van der Waals surface area contributed by atoms with Crippen LogP contribution in [0.5, 0.6) is 0 Å². The summed E-state index contributed by atoms with van der Waals surface area (Å²) < 4.78 is 5.38. The molecule has 2 fully saturated rings. The van der Waals surface area contributed by atoms with Gasteiger partial charge in [0.2, 0.25) is 0 Å². The van der Waals surface area contributed by atoms with Gasteiger partial charge in [-0.05, 0) is 19.3 Å². The van der Waals surface area contributed by atoms with Gasteiger partial charge in [0.15, 0.2) is 0 Å². The molecule has 2 aliphatic rings. The lowest BCUT2D eigenvalue weighted by Gasteiger charge is -2.58. The first-order valence-corrected chi connectivity index (χ1v) is 6.25. The van der Waals surface area contributed by atoms with Crippen molar-refractivity contribution in [1.82, 2.24) is 4.90 Å². The molecule has 0 radical (unpaired) electrons. The van der Waals surface area contributed by atoms with Crippen molar-refractivity contribution in [3.05, 3.63) is 0 Å². The van der Waals surface area contributed by atoms with E-state index in [-0.39, 0.29) is 13.2 Å². The minimum atomic E-state index is -0.399. The van der Waals surface area contributed by atoms with Crippen LogP contribution in [0.25, 0.3) is 0 Å². The number of likely N-dealkylation sites (tertiary alicyclic amines) is 1. The molecule has 2 N–H and O–H groups in total. The summed E-state index contributed by atoms with van der Waals surface area (Å²) in [5.41, 5.74) is 0.00651. The molecule has 0 aromatic rings. The molecule has 0 aliphatic carbocycles. The number of ether oxygens (including phenoxy) is 1. The number of hydrogen-bond donors (Lipinski definition) is 2. The van der Waals surface area contributed by atoms with Gasteiger partial charge in [-0.1, -0.05) is 6.92 Å². The molecule has 0 aromatic carbocycles. The van der Waals surface area contributed by atoms with Gasteiger partial charge in [0.05, 0.1) is 18.8 Å². The molecule has 0 saturated carbocycles. The molecule has 2 aliphatic heterocycles. The SMILES string of the molecule is CCC(CO)(CO)N1CC2(CCOCC2)C1. The van der Waals surface area contributed by atoms with Crippen LogP contribution in [-0.2, 0) is 4.74 Å². The van der Waals surface area contributed by atoms with Crippen molar-refractivity contribution in [1.29, 1.82) is 0 Å². The van der Waals surface area contributed by atoms with Gasteiger partial charge in [-0.25, -0.2) is 0 Å². The van der Waals surface area contributed by atoms with Crippen LogP contribution in [0.3, 0.4) is 0 Å². The summed E-state index contributed by atoms with van der Waals surface area (Å²) >= 11 is 0. The fourth-order valence-electron chi connectivity index (χ4n) is 2.92. The maximum absolute atomic E-state index is 9.47. The summed E-state index contributed by atoms with van der Waals surface area (Å²) in [5.74, 6) is 0. The summed E-state index contributed by atoms with van der Waals surface area (Å²) in [4.78, 5) is 2.25. The minimum Gasteiger partial charge on any atom is -0.394 e. The molecule has 2 saturated heterocycles. The van der Waals surface area contributed by atoms with Gasteiger partial charge in [-0.3, -0.25) is 4.90 Å². The average molecular weight is 229 g/mol. The van der Waals surface area contributed by atoms with Crippen LogP contribution < -0.4 is 0 Å². The maximum atomic E-state index is 9.47. The second-order valence-corrected chi connectivity index (χ2v) is 5.36.